The van der Waals surface area contributed by atoms with Crippen LogP contribution in [0.25, 0.3) is 0 Å². The lowest BCUT2D eigenvalue weighted by molar-refractivity contribution is -0.446. The Hall–Kier alpha value is -1.86. The fraction of sp³-hybridized carbons (Fsp3) is 0.727. The van der Waals surface area contributed by atoms with Gasteiger partial charge in [-0.3, -0.25) is 0 Å². The molecule has 234 valence electrons. The molecule has 0 aliphatic carbocycles. The molecule has 0 bridgehead atoms. The average Bonchev–Trinajstić information content (AvgIpc) is 2.69. The van der Waals surface area contributed by atoms with Crippen molar-refractivity contribution in [2.75, 3.05) is 13.6 Å². The average molecular weight is 614 g/mol. The summed E-state index contributed by atoms with van der Waals surface area (Å²) in [5.74, 6) is 0. The van der Waals surface area contributed by atoms with E-state index in [9.17, 15) is 52.7 Å². The second kappa shape index (κ2) is 11.8. The molecular formula is C22H26F12O6. The summed E-state index contributed by atoms with van der Waals surface area (Å²) in [6, 6.07) is -1.04. The standard InChI is InChI=1S/C22H26F12O6/c1-15(2,3)39-37-11-35-17(19(23,24)25,20(26,27)28)13-7-9-14(10-8-13)18(21(29,30)31,22(32,33)34)36-12-38-40-16(4,5)6/h7-10H,11-12H2,1-6H3. The number of halogens is 12. The summed E-state index contributed by atoms with van der Waals surface area (Å²) in [6.07, 6.45) is -25.3. The molecule has 1 aromatic rings. The van der Waals surface area contributed by atoms with Crippen LogP contribution in [0.3, 0.4) is 0 Å². The third kappa shape index (κ3) is 8.12. The second-order valence-corrected chi connectivity index (χ2v) is 10.1. The second-order valence-electron chi connectivity index (χ2n) is 10.1. The van der Waals surface area contributed by atoms with Gasteiger partial charge in [0.1, 0.15) is 0 Å². The Balaban J connectivity index is 3.66. The summed E-state index contributed by atoms with van der Waals surface area (Å²) < 4.78 is 175. The van der Waals surface area contributed by atoms with E-state index in [-0.39, 0.29) is 24.3 Å². The largest absolute Gasteiger partial charge is 0.430 e. The predicted octanol–water partition coefficient (Wildman–Crippen LogP) is 7.77. The molecule has 1 rings (SSSR count). The molecule has 1 aromatic carbocycles. The maximum atomic E-state index is 13.9. The van der Waals surface area contributed by atoms with Crippen molar-refractivity contribution in [3.05, 3.63) is 35.4 Å². The molecule has 6 nitrogen and oxygen atoms in total. The van der Waals surface area contributed by atoms with Crippen molar-refractivity contribution < 1.29 is 81.7 Å². The van der Waals surface area contributed by atoms with Gasteiger partial charge in [0.15, 0.2) is 13.6 Å². The molecule has 0 saturated carbocycles. The molecule has 0 amide bonds. The molecule has 18 heteroatoms. The van der Waals surface area contributed by atoms with Crippen LogP contribution in [0.5, 0.6) is 0 Å². The molecule has 0 saturated heterocycles. The molecule has 0 heterocycles. The Morgan fingerprint density at radius 3 is 0.850 bits per heavy atom. The number of hydrogen-bond acceptors (Lipinski definition) is 6. The van der Waals surface area contributed by atoms with Gasteiger partial charge < -0.3 is 9.47 Å². The molecule has 0 unspecified atom stereocenters. The van der Waals surface area contributed by atoms with Crippen molar-refractivity contribution in [2.45, 2.75) is 88.7 Å². The van der Waals surface area contributed by atoms with E-state index in [1.54, 1.807) is 0 Å². The number of alkyl halides is 12. The van der Waals surface area contributed by atoms with Gasteiger partial charge in [0.25, 0.3) is 11.2 Å². The van der Waals surface area contributed by atoms with Crippen LogP contribution in [0.15, 0.2) is 24.3 Å². The van der Waals surface area contributed by atoms with Gasteiger partial charge in [0.2, 0.25) is 0 Å². The third-order valence-electron chi connectivity index (χ3n) is 4.56. The zero-order valence-corrected chi connectivity index (χ0v) is 21.7. The van der Waals surface area contributed by atoms with Crippen LogP contribution in [0, 0.1) is 0 Å². The highest BCUT2D eigenvalue weighted by molar-refractivity contribution is 5.35. The summed E-state index contributed by atoms with van der Waals surface area (Å²) >= 11 is 0. The SMILES string of the molecule is CC(C)(C)OOCOC(c1ccc(C(OCOOC(C)(C)C)(C(F)(F)F)C(F)(F)F)cc1)(C(F)(F)F)C(F)(F)F. The van der Waals surface area contributed by atoms with Crippen molar-refractivity contribution in [3.8, 4) is 0 Å². The van der Waals surface area contributed by atoms with Gasteiger partial charge >= 0.3 is 24.7 Å². The zero-order valence-electron chi connectivity index (χ0n) is 21.7. The number of benzene rings is 1. The monoisotopic (exact) mass is 614 g/mol. The summed E-state index contributed by atoms with van der Waals surface area (Å²) in [5, 5.41) is 0. The Morgan fingerprint density at radius 2 is 0.675 bits per heavy atom. The lowest BCUT2D eigenvalue weighted by atomic mass is 9.86. The molecule has 0 N–H and O–H groups in total. The first-order valence-electron chi connectivity index (χ1n) is 10.9. The zero-order chi connectivity index (χ0) is 31.6. The number of rotatable bonds is 10. The van der Waals surface area contributed by atoms with Crippen molar-refractivity contribution in [1.82, 2.24) is 0 Å². The summed E-state index contributed by atoms with van der Waals surface area (Å²) in [4.78, 5) is 17.6. The minimum Gasteiger partial charge on any atom is -0.324 e. The van der Waals surface area contributed by atoms with Crippen LogP contribution in [0.1, 0.15) is 52.7 Å². The van der Waals surface area contributed by atoms with E-state index in [0.717, 1.165) is 0 Å². The van der Waals surface area contributed by atoms with Crippen LogP contribution < -0.4 is 0 Å². The van der Waals surface area contributed by atoms with Gasteiger partial charge in [-0.25, -0.2) is 19.6 Å². The highest BCUT2D eigenvalue weighted by Crippen LogP contribution is 2.55. The first kappa shape index (κ1) is 36.2. The van der Waals surface area contributed by atoms with Gasteiger partial charge in [0, 0.05) is 11.1 Å². The van der Waals surface area contributed by atoms with E-state index in [1.807, 2.05) is 0 Å². The lowest BCUT2D eigenvalue weighted by Crippen LogP contribution is -2.57. The smallest absolute Gasteiger partial charge is 0.324 e. The molecule has 0 atom stereocenters. The molecule has 0 radical (unpaired) electrons. The van der Waals surface area contributed by atoms with Gasteiger partial charge in [-0.2, -0.15) is 52.7 Å². The van der Waals surface area contributed by atoms with Gasteiger partial charge in [-0.15, -0.1) is 0 Å². The Labute approximate surface area is 220 Å². The summed E-state index contributed by atoms with van der Waals surface area (Å²) in [5.41, 5.74) is -16.7. The normalized spacial score (nSPS) is 15.1. The van der Waals surface area contributed by atoms with E-state index in [4.69, 9.17) is 0 Å². The minimum absolute atomic E-state index is 0.261. The lowest BCUT2D eigenvalue weighted by Gasteiger charge is -2.39. The molecule has 0 spiro atoms. The minimum atomic E-state index is -6.34. The predicted molar refractivity (Wildman–Crippen MR) is 110 cm³/mol. The van der Waals surface area contributed by atoms with Gasteiger partial charge in [0.05, 0.1) is 11.2 Å². The van der Waals surface area contributed by atoms with Crippen molar-refractivity contribution in [2.24, 2.45) is 0 Å². The van der Waals surface area contributed by atoms with E-state index in [2.05, 4.69) is 29.0 Å². The van der Waals surface area contributed by atoms with E-state index >= 15 is 0 Å². The fourth-order valence-electron chi connectivity index (χ4n) is 3.04. The fourth-order valence-corrected chi connectivity index (χ4v) is 3.04. The maximum absolute atomic E-state index is 13.9. The third-order valence-corrected chi connectivity index (χ3v) is 4.56. The molecule has 0 aliphatic heterocycles. The quantitative estimate of drug-likeness (QED) is 0.0883. The van der Waals surface area contributed by atoms with Gasteiger partial charge in [-0.1, -0.05) is 24.3 Å². The van der Waals surface area contributed by atoms with Crippen molar-refractivity contribution in [1.29, 1.82) is 0 Å². The Morgan fingerprint density at radius 1 is 0.450 bits per heavy atom. The van der Waals surface area contributed by atoms with Gasteiger partial charge in [-0.05, 0) is 41.5 Å². The molecule has 0 aliphatic rings. The number of ether oxygens (including phenoxy) is 2. The molecular weight excluding hydrogens is 588 g/mol. The van der Waals surface area contributed by atoms with Crippen LogP contribution in [-0.4, -0.2) is 49.5 Å². The molecule has 0 fully saturated rings. The summed E-state index contributed by atoms with van der Waals surface area (Å²) in [7, 11) is 0. The van der Waals surface area contributed by atoms with Crippen LogP contribution >= 0.6 is 0 Å². The maximum Gasteiger partial charge on any atom is 0.430 e. The topological polar surface area (TPSA) is 55.4 Å². The molecule has 0 aromatic heterocycles. The first-order chi connectivity index (χ1) is 17.6. The number of hydrogen-bond donors (Lipinski definition) is 0. The first-order valence-corrected chi connectivity index (χ1v) is 10.9. The Kier molecular flexibility index (Phi) is 10.7. The van der Waals surface area contributed by atoms with Crippen LogP contribution in [-0.2, 0) is 40.2 Å². The van der Waals surface area contributed by atoms with E-state index in [1.165, 1.54) is 41.5 Å². The van der Waals surface area contributed by atoms with Crippen molar-refractivity contribution >= 4 is 0 Å². The molecule has 40 heavy (non-hydrogen) atoms. The summed E-state index contributed by atoms with van der Waals surface area (Å²) in [6.45, 7) is 4.35. The van der Waals surface area contributed by atoms with Crippen LogP contribution in [0.4, 0.5) is 52.7 Å². The highest BCUT2D eigenvalue weighted by atomic mass is 19.4. The van der Waals surface area contributed by atoms with E-state index < -0.39 is 71.8 Å². The Bertz CT molecular complexity index is 833. The van der Waals surface area contributed by atoms with Crippen molar-refractivity contribution in [3.63, 3.8) is 0 Å². The van der Waals surface area contributed by atoms with Crippen LogP contribution in [0.2, 0.25) is 0 Å². The van der Waals surface area contributed by atoms with E-state index in [0.29, 0.717) is 0 Å². The highest BCUT2D eigenvalue weighted by Gasteiger charge is 2.75.